The summed E-state index contributed by atoms with van der Waals surface area (Å²) in [4.78, 5) is 26.7. The van der Waals surface area contributed by atoms with Crippen molar-refractivity contribution >= 4 is 29.3 Å². The molecule has 2 aromatic carbocycles. The molecule has 3 rings (SSSR count). The van der Waals surface area contributed by atoms with E-state index >= 15 is 0 Å². The van der Waals surface area contributed by atoms with Gasteiger partial charge in [0.1, 0.15) is 17.2 Å². The number of ether oxygens (including phenoxy) is 2. The highest BCUT2D eigenvalue weighted by atomic mass is 32.2. The maximum absolute atomic E-state index is 13.1. The minimum atomic E-state index is -0.634. The Morgan fingerprint density at radius 1 is 1.11 bits per heavy atom. The first kappa shape index (κ1) is 20.0. The van der Waals surface area contributed by atoms with E-state index in [1.165, 1.54) is 43.0 Å². The fourth-order valence-electron chi connectivity index (χ4n) is 3.11. The molecular formula is C20H21FN2O4S. The molecule has 2 aromatic rings. The summed E-state index contributed by atoms with van der Waals surface area (Å²) in [5.74, 6) is 0.707. The summed E-state index contributed by atoms with van der Waals surface area (Å²) < 4.78 is 23.7. The van der Waals surface area contributed by atoms with Gasteiger partial charge in [0.05, 0.1) is 14.2 Å². The van der Waals surface area contributed by atoms with Gasteiger partial charge in [0, 0.05) is 18.4 Å². The lowest BCUT2D eigenvalue weighted by atomic mass is 10.1. The highest BCUT2D eigenvalue weighted by molar-refractivity contribution is 7.99. The van der Waals surface area contributed by atoms with Crippen LogP contribution in [-0.2, 0) is 9.59 Å². The van der Waals surface area contributed by atoms with E-state index in [2.05, 4.69) is 5.32 Å². The van der Waals surface area contributed by atoms with Crippen molar-refractivity contribution in [2.75, 3.05) is 25.3 Å². The fraction of sp³-hybridized carbons (Fsp3) is 0.300. The molecule has 0 radical (unpaired) electrons. The molecule has 1 aliphatic heterocycles. The second-order valence-corrected chi connectivity index (χ2v) is 7.35. The maximum Gasteiger partial charge on any atom is 0.248 e. The Labute approximate surface area is 167 Å². The van der Waals surface area contributed by atoms with Crippen LogP contribution in [-0.4, -0.2) is 42.7 Å². The van der Waals surface area contributed by atoms with Crippen molar-refractivity contribution in [1.82, 2.24) is 4.90 Å². The molecule has 0 unspecified atom stereocenters. The smallest absolute Gasteiger partial charge is 0.248 e. The molecule has 1 fully saturated rings. The van der Waals surface area contributed by atoms with E-state index in [0.29, 0.717) is 22.9 Å². The topological polar surface area (TPSA) is 67.9 Å². The molecular weight excluding hydrogens is 383 g/mol. The highest BCUT2D eigenvalue weighted by Gasteiger charge is 2.41. The van der Waals surface area contributed by atoms with Gasteiger partial charge in [0.15, 0.2) is 11.5 Å². The molecule has 0 aliphatic carbocycles. The van der Waals surface area contributed by atoms with Crippen molar-refractivity contribution in [1.29, 1.82) is 0 Å². The Kier molecular flexibility index (Phi) is 6.08. The minimum absolute atomic E-state index is 0.205. The van der Waals surface area contributed by atoms with E-state index in [9.17, 15) is 14.0 Å². The average molecular weight is 404 g/mol. The molecule has 2 amide bonds. The second-order valence-electron chi connectivity index (χ2n) is 6.24. The Balaban J connectivity index is 1.83. The van der Waals surface area contributed by atoms with Crippen molar-refractivity contribution < 1.29 is 23.5 Å². The summed E-state index contributed by atoms with van der Waals surface area (Å²) in [5.41, 5.74) is 1.32. The molecule has 148 valence electrons. The van der Waals surface area contributed by atoms with E-state index in [-0.39, 0.29) is 23.0 Å². The summed E-state index contributed by atoms with van der Waals surface area (Å²) in [5, 5.41) is 2.43. The minimum Gasteiger partial charge on any atom is -0.493 e. The molecule has 1 N–H and O–H groups in total. The predicted molar refractivity (Wildman–Crippen MR) is 106 cm³/mol. The third-order valence-electron chi connectivity index (χ3n) is 4.47. The van der Waals surface area contributed by atoms with Gasteiger partial charge in [-0.05, 0) is 42.0 Å². The number of nitrogens with zero attached hydrogens (tertiary/aromatic N) is 1. The quantitative estimate of drug-likeness (QED) is 0.827. The van der Waals surface area contributed by atoms with Crippen LogP contribution in [0.4, 0.5) is 10.1 Å². The van der Waals surface area contributed by atoms with Gasteiger partial charge in [-0.25, -0.2) is 4.39 Å². The van der Waals surface area contributed by atoms with Crippen molar-refractivity contribution in [2.45, 2.75) is 18.3 Å². The first-order valence-electron chi connectivity index (χ1n) is 8.63. The fourth-order valence-corrected chi connectivity index (χ4v) is 4.59. The van der Waals surface area contributed by atoms with Crippen molar-refractivity contribution in [2.24, 2.45) is 0 Å². The summed E-state index contributed by atoms with van der Waals surface area (Å²) in [7, 11) is 3.10. The van der Waals surface area contributed by atoms with E-state index in [1.54, 1.807) is 25.2 Å². The molecule has 1 aliphatic rings. The summed E-state index contributed by atoms with van der Waals surface area (Å²) >= 11 is 1.50. The number of carbonyl (C=O) groups is 2. The Morgan fingerprint density at radius 2 is 1.79 bits per heavy atom. The number of halogens is 1. The second kappa shape index (κ2) is 8.52. The van der Waals surface area contributed by atoms with E-state index in [4.69, 9.17) is 9.47 Å². The predicted octanol–water partition coefficient (Wildman–Crippen LogP) is 3.44. The van der Waals surface area contributed by atoms with Crippen molar-refractivity contribution in [3.8, 4) is 11.5 Å². The third kappa shape index (κ3) is 4.06. The lowest BCUT2D eigenvalue weighted by Gasteiger charge is -2.28. The monoisotopic (exact) mass is 404 g/mol. The van der Waals surface area contributed by atoms with Gasteiger partial charge in [-0.15, -0.1) is 11.8 Å². The van der Waals surface area contributed by atoms with Crippen molar-refractivity contribution in [3.63, 3.8) is 0 Å². The largest absolute Gasteiger partial charge is 0.493 e. The molecule has 28 heavy (non-hydrogen) atoms. The first-order chi connectivity index (χ1) is 13.4. The Morgan fingerprint density at radius 3 is 2.39 bits per heavy atom. The molecule has 0 spiro atoms. The molecule has 2 atom stereocenters. The number of amides is 2. The number of thioether (sulfide) groups is 1. The summed E-state index contributed by atoms with van der Waals surface area (Å²) in [6.45, 7) is 1.44. The van der Waals surface area contributed by atoms with Gasteiger partial charge in [0.25, 0.3) is 0 Å². The van der Waals surface area contributed by atoms with Crippen LogP contribution >= 0.6 is 11.8 Å². The van der Waals surface area contributed by atoms with Gasteiger partial charge in [-0.3, -0.25) is 9.59 Å². The number of anilines is 1. The molecule has 1 heterocycles. The Hall–Kier alpha value is -2.74. The zero-order valence-corrected chi connectivity index (χ0v) is 16.6. The van der Waals surface area contributed by atoms with Crippen LogP contribution < -0.4 is 14.8 Å². The lowest BCUT2D eigenvalue weighted by Crippen LogP contribution is -2.44. The summed E-state index contributed by atoms with van der Waals surface area (Å²) in [6.07, 6.45) is 0. The number of hydrogen-bond acceptors (Lipinski definition) is 5. The van der Waals surface area contributed by atoms with E-state index < -0.39 is 6.04 Å². The zero-order chi connectivity index (χ0) is 20.3. The molecule has 0 aromatic heterocycles. The molecule has 8 heteroatoms. The van der Waals surface area contributed by atoms with E-state index in [1.807, 2.05) is 12.1 Å². The van der Waals surface area contributed by atoms with Gasteiger partial charge in [-0.2, -0.15) is 0 Å². The van der Waals surface area contributed by atoms with Gasteiger partial charge < -0.3 is 19.7 Å². The van der Waals surface area contributed by atoms with Gasteiger partial charge >= 0.3 is 0 Å². The van der Waals surface area contributed by atoms with Crippen LogP contribution in [0.15, 0.2) is 42.5 Å². The average Bonchev–Trinajstić information content (AvgIpc) is 3.14. The molecule has 1 saturated heterocycles. The number of nitrogens with one attached hydrogen (secondary N) is 1. The number of carbonyl (C=O) groups excluding carboxylic acids is 2. The van der Waals surface area contributed by atoms with Crippen LogP contribution in [0.5, 0.6) is 11.5 Å². The number of methoxy groups -OCH3 is 2. The molecule has 6 nitrogen and oxygen atoms in total. The standard InChI is InChI=1S/C20H21FN2O4S/c1-12(24)23-16(19(25)22-15-7-5-14(21)6-8-15)11-28-20(23)13-4-9-17(26-2)18(10-13)27-3/h4-10,16,20H,11H2,1-3H3,(H,22,25)/t16-,20+/m1/s1. The molecule has 0 bridgehead atoms. The van der Waals surface area contributed by atoms with Crippen LogP contribution in [0.3, 0.4) is 0 Å². The van der Waals surface area contributed by atoms with Crippen LogP contribution in [0.1, 0.15) is 17.9 Å². The Bertz CT molecular complexity index is 875. The highest BCUT2D eigenvalue weighted by Crippen LogP contribution is 2.43. The van der Waals surface area contributed by atoms with E-state index in [0.717, 1.165) is 5.56 Å². The van der Waals surface area contributed by atoms with Crippen LogP contribution in [0.25, 0.3) is 0 Å². The third-order valence-corrected chi connectivity index (χ3v) is 5.79. The lowest BCUT2D eigenvalue weighted by molar-refractivity contribution is -0.136. The molecule has 0 saturated carbocycles. The van der Waals surface area contributed by atoms with Crippen LogP contribution in [0.2, 0.25) is 0 Å². The number of benzene rings is 2. The van der Waals surface area contributed by atoms with Crippen molar-refractivity contribution in [3.05, 3.63) is 53.8 Å². The normalized spacial score (nSPS) is 18.6. The first-order valence-corrected chi connectivity index (χ1v) is 9.68. The zero-order valence-electron chi connectivity index (χ0n) is 15.8. The maximum atomic E-state index is 13.1. The van der Waals surface area contributed by atoms with Gasteiger partial charge in [0.2, 0.25) is 11.8 Å². The van der Waals surface area contributed by atoms with Gasteiger partial charge in [-0.1, -0.05) is 6.07 Å². The van der Waals surface area contributed by atoms with Crippen LogP contribution in [0, 0.1) is 5.82 Å². The number of rotatable bonds is 5. The SMILES string of the molecule is COc1ccc([C@@H]2SC[C@H](C(=O)Nc3ccc(F)cc3)N2C(C)=O)cc1OC. The summed E-state index contributed by atoms with van der Waals surface area (Å²) in [6, 6.07) is 10.3. The number of hydrogen-bond donors (Lipinski definition) is 1.